The van der Waals surface area contributed by atoms with Gasteiger partial charge in [-0.1, -0.05) is 32.8 Å². The van der Waals surface area contributed by atoms with Crippen LogP contribution in [0.4, 0.5) is 0 Å². The number of aromatic nitrogens is 1. The minimum Gasteiger partial charge on any atom is -0.481 e. The van der Waals surface area contributed by atoms with Gasteiger partial charge in [0.2, 0.25) is 5.88 Å². The van der Waals surface area contributed by atoms with Crippen molar-refractivity contribution in [2.45, 2.75) is 46.0 Å². The maximum atomic E-state index is 5.15. The van der Waals surface area contributed by atoms with Gasteiger partial charge in [0.05, 0.1) is 7.11 Å². The number of hydrogen-bond acceptors (Lipinski definition) is 2. The van der Waals surface area contributed by atoms with Gasteiger partial charge in [0.25, 0.3) is 0 Å². The largest absolute Gasteiger partial charge is 0.481 e. The SMILES string of the molecule is CCCCc1ccc(OC)nc1CCC. The predicted octanol–water partition coefficient (Wildman–Crippen LogP) is 3.39. The molecule has 0 aliphatic carbocycles. The molecule has 84 valence electrons. The summed E-state index contributed by atoms with van der Waals surface area (Å²) in [7, 11) is 1.67. The molecule has 1 rings (SSSR count). The van der Waals surface area contributed by atoms with Crippen LogP contribution in [0.1, 0.15) is 44.4 Å². The second-order valence-electron chi connectivity index (χ2n) is 3.81. The Morgan fingerprint density at radius 2 is 1.93 bits per heavy atom. The maximum absolute atomic E-state index is 5.15. The van der Waals surface area contributed by atoms with Gasteiger partial charge in [-0.05, 0) is 24.8 Å². The molecule has 2 heteroatoms. The molecule has 2 nitrogen and oxygen atoms in total. The van der Waals surface area contributed by atoms with Gasteiger partial charge in [-0.15, -0.1) is 0 Å². The predicted molar refractivity (Wildman–Crippen MR) is 63.4 cm³/mol. The third-order valence-corrected chi connectivity index (χ3v) is 2.54. The van der Waals surface area contributed by atoms with E-state index in [1.54, 1.807) is 7.11 Å². The lowest BCUT2D eigenvalue weighted by Crippen LogP contribution is -2.00. The van der Waals surface area contributed by atoms with E-state index in [0.717, 1.165) is 25.1 Å². The van der Waals surface area contributed by atoms with E-state index in [1.807, 2.05) is 6.07 Å². The Bertz CT molecular complexity index is 297. The first-order valence-corrected chi connectivity index (χ1v) is 5.84. The van der Waals surface area contributed by atoms with Crippen LogP contribution in [0.25, 0.3) is 0 Å². The lowest BCUT2D eigenvalue weighted by molar-refractivity contribution is 0.395. The molecule has 1 aromatic heterocycles. The van der Waals surface area contributed by atoms with E-state index in [9.17, 15) is 0 Å². The summed E-state index contributed by atoms with van der Waals surface area (Å²) in [5.74, 6) is 0.735. The second-order valence-corrected chi connectivity index (χ2v) is 3.81. The van der Waals surface area contributed by atoms with Gasteiger partial charge >= 0.3 is 0 Å². The van der Waals surface area contributed by atoms with Gasteiger partial charge in [0.15, 0.2) is 0 Å². The molecule has 0 unspecified atom stereocenters. The Kier molecular flexibility index (Phi) is 5.16. The number of hydrogen-bond donors (Lipinski definition) is 0. The van der Waals surface area contributed by atoms with Crippen molar-refractivity contribution >= 4 is 0 Å². The lowest BCUT2D eigenvalue weighted by Gasteiger charge is -2.09. The second kappa shape index (κ2) is 6.44. The highest BCUT2D eigenvalue weighted by Gasteiger charge is 2.04. The third kappa shape index (κ3) is 3.54. The molecule has 1 heterocycles. The average Bonchev–Trinajstić information content (AvgIpc) is 2.27. The molecule has 1 aromatic rings. The summed E-state index contributed by atoms with van der Waals surface area (Å²) < 4.78 is 5.15. The summed E-state index contributed by atoms with van der Waals surface area (Å²) in [6, 6.07) is 4.12. The number of ether oxygens (including phenoxy) is 1. The van der Waals surface area contributed by atoms with Crippen molar-refractivity contribution in [1.29, 1.82) is 0 Å². The van der Waals surface area contributed by atoms with E-state index in [1.165, 1.54) is 24.1 Å². The van der Waals surface area contributed by atoms with Crippen LogP contribution >= 0.6 is 0 Å². The van der Waals surface area contributed by atoms with Crippen LogP contribution in [0, 0.1) is 0 Å². The quantitative estimate of drug-likeness (QED) is 0.713. The molecule has 0 aliphatic rings. The van der Waals surface area contributed by atoms with Crippen LogP contribution in [0.2, 0.25) is 0 Å². The van der Waals surface area contributed by atoms with E-state index < -0.39 is 0 Å². The molecule has 0 amide bonds. The Hall–Kier alpha value is -1.05. The fraction of sp³-hybridized carbons (Fsp3) is 0.615. The molecule has 0 atom stereocenters. The monoisotopic (exact) mass is 207 g/mol. The van der Waals surface area contributed by atoms with Gasteiger partial charge < -0.3 is 4.74 Å². The van der Waals surface area contributed by atoms with Crippen LogP contribution in [-0.2, 0) is 12.8 Å². The first kappa shape index (κ1) is 12.0. The van der Waals surface area contributed by atoms with Crippen molar-refractivity contribution in [3.63, 3.8) is 0 Å². The molecule has 0 saturated carbocycles. The Balaban J connectivity index is 2.82. The minimum atomic E-state index is 0.735. The number of aryl methyl sites for hydroxylation is 2. The fourth-order valence-corrected chi connectivity index (χ4v) is 1.67. The Morgan fingerprint density at radius 1 is 1.13 bits per heavy atom. The van der Waals surface area contributed by atoms with E-state index in [4.69, 9.17) is 4.74 Å². The summed E-state index contributed by atoms with van der Waals surface area (Å²) in [6.07, 6.45) is 5.81. The summed E-state index contributed by atoms with van der Waals surface area (Å²) in [5.41, 5.74) is 2.60. The van der Waals surface area contributed by atoms with Crippen molar-refractivity contribution in [3.05, 3.63) is 23.4 Å². The van der Waals surface area contributed by atoms with E-state index in [0.29, 0.717) is 0 Å². The van der Waals surface area contributed by atoms with Crippen molar-refractivity contribution < 1.29 is 4.74 Å². The standard InChI is InChI=1S/C13H21NO/c1-4-6-8-11-9-10-13(15-3)14-12(11)7-5-2/h9-10H,4-8H2,1-3H3. The zero-order valence-electron chi connectivity index (χ0n) is 10.0. The summed E-state index contributed by atoms with van der Waals surface area (Å²) >= 11 is 0. The molecule has 0 radical (unpaired) electrons. The summed E-state index contributed by atoms with van der Waals surface area (Å²) in [6.45, 7) is 4.40. The molecule has 0 spiro atoms. The van der Waals surface area contributed by atoms with Crippen molar-refractivity contribution in [1.82, 2.24) is 4.98 Å². The Morgan fingerprint density at radius 3 is 2.53 bits per heavy atom. The molecule has 0 aliphatic heterocycles. The zero-order valence-corrected chi connectivity index (χ0v) is 10.0. The van der Waals surface area contributed by atoms with E-state index >= 15 is 0 Å². The average molecular weight is 207 g/mol. The molecule has 15 heavy (non-hydrogen) atoms. The molecule has 0 N–H and O–H groups in total. The van der Waals surface area contributed by atoms with E-state index in [-0.39, 0.29) is 0 Å². The first-order chi connectivity index (χ1) is 7.31. The topological polar surface area (TPSA) is 22.1 Å². The maximum Gasteiger partial charge on any atom is 0.213 e. The van der Waals surface area contributed by atoms with Gasteiger partial charge in [0, 0.05) is 11.8 Å². The molecule has 0 aromatic carbocycles. The lowest BCUT2D eigenvalue weighted by atomic mass is 10.0. The fourth-order valence-electron chi connectivity index (χ4n) is 1.67. The molecule has 0 fully saturated rings. The molecule has 0 saturated heterocycles. The van der Waals surface area contributed by atoms with Crippen molar-refractivity contribution in [2.75, 3.05) is 7.11 Å². The van der Waals surface area contributed by atoms with Gasteiger partial charge in [-0.25, -0.2) is 4.98 Å². The van der Waals surface area contributed by atoms with Crippen molar-refractivity contribution in [3.8, 4) is 5.88 Å². The number of nitrogens with zero attached hydrogens (tertiary/aromatic N) is 1. The third-order valence-electron chi connectivity index (χ3n) is 2.54. The highest BCUT2D eigenvalue weighted by Crippen LogP contribution is 2.16. The summed E-state index contributed by atoms with van der Waals surface area (Å²) in [4.78, 5) is 4.51. The number of unbranched alkanes of at least 4 members (excludes halogenated alkanes) is 1. The number of rotatable bonds is 6. The zero-order chi connectivity index (χ0) is 11.1. The first-order valence-electron chi connectivity index (χ1n) is 5.84. The number of pyridine rings is 1. The molecule has 0 bridgehead atoms. The van der Waals surface area contributed by atoms with Crippen LogP contribution in [0.15, 0.2) is 12.1 Å². The van der Waals surface area contributed by atoms with Crippen LogP contribution in [0.3, 0.4) is 0 Å². The Labute approximate surface area is 92.7 Å². The van der Waals surface area contributed by atoms with Crippen LogP contribution in [0.5, 0.6) is 5.88 Å². The van der Waals surface area contributed by atoms with Crippen LogP contribution < -0.4 is 4.74 Å². The minimum absolute atomic E-state index is 0.735. The van der Waals surface area contributed by atoms with E-state index in [2.05, 4.69) is 24.9 Å². The normalized spacial score (nSPS) is 10.3. The van der Waals surface area contributed by atoms with Gasteiger partial charge in [-0.2, -0.15) is 0 Å². The van der Waals surface area contributed by atoms with Crippen molar-refractivity contribution in [2.24, 2.45) is 0 Å². The summed E-state index contributed by atoms with van der Waals surface area (Å²) in [5, 5.41) is 0. The highest BCUT2D eigenvalue weighted by atomic mass is 16.5. The van der Waals surface area contributed by atoms with Gasteiger partial charge in [0.1, 0.15) is 0 Å². The highest BCUT2D eigenvalue weighted by molar-refractivity contribution is 5.26. The molecular weight excluding hydrogens is 186 g/mol. The smallest absolute Gasteiger partial charge is 0.213 e. The van der Waals surface area contributed by atoms with Crippen LogP contribution in [-0.4, -0.2) is 12.1 Å². The molecular formula is C13H21NO. The number of methoxy groups -OCH3 is 1. The van der Waals surface area contributed by atoms with Gasteiger partial charge in [-0.3, -0.25) is 0 Å².